The Balaban J connectivity index is 2.28. The number of piperazine rings is 1. The fraction of sp³-hybridized carbons (Fsp3) is 0.500. The number of amides is 1. The minimum absolute atomic E-state index is 0.303. The van der Waals surface area contributed by atoms with Crippen molar-refractivity contribution in [1.82, 2.24) is 15.2 Å². The SMILES string of the molecule is Cc1ccncc1C(C(N)=O)N1CCNCC1. The minimum Gasteiger partial charge on any atom is -0.368 e. The summed E-state index contributed by atoms with van der Waals surface area (Å²) >= 11 is 0. The third-order valence-electron chi connectivity index (χ3n) is 3.16. The maximum absolute atomic E-state index is 11.7. The number of nitrogens with one attached hydrogen (secondary N) is 1. The van der Waals surface area contributed by atoms with Gasteiger partial charge in [-0.15, -0.1) is 0 Å². The van der Waals surface area contributed by atoms with Crippen LogP contribution in [0.2, 0.25) is 0 Å². The highest BCUT2D eigenvalue weighted by molar-refractivity contribution is 5.81. The number of hydrogen-bond acceptors (Lipinski definition) is 4. The van der Waals surface area contributed by atoms with Gasteiger partial charge in [0.05, 0.1) is 0 Å². The molecule has 0 aliphatic carbocycles. The first-order chi connectivity index (χ1) is 8.20. The summed E-state index contributed by atoms with van der Waals surface area (Å²) in [5.74, 6) is -0.303. The molecule has 92 valence electrons. The van der Waals surface area contributed by atoms with Crippen molar-refractivity contribution in [3.8, 4) is 0 Å². The molecule has 5 nitrogen and oxygen atoms in total. The Morgan fingerprint density at radius 3 is 2.82 bits per heavy atom. The topological polar surface area (TPSA) is 71.2 Å². The van der Waals surface area contributed by atoms with Crippen LogP contribution < -0.4 is 11.1 Å². The zero-order valence-electron chi connectivity index (χ0n) is 10.0. The Bertz CT molecular complexity index is 401. The summed E-state index contributed by atoms with van der Waals surface area (Å²) in [7, 11) is 0. The van der Waals surface area contributed by atoms with Gasteiger partial charge in [0.15, 0.2) is 0 Å². The highest BCUT2D eigenvalue weighted by Gasteiger charge is 2.27. The summed E-state index contributed by atoms with van der Waals surface area (Å²) in [5, 5.41) is 3.27. The smallest absolute Gasteiger partial charge is 0.239 e. The van der Waals surface area contributed by atoms with Crippen molar-refractivity contribution < 1.29 is 4.79 Å². The zero-order valence-corrected chi connectivity index (χ0v) is 10.0. The molecule has 1 aromatic heterocycles. The van der Waals surface area contributed by atoms with Crippen molar-refractivity contribution in [1.29, 1.82) is 0 Å². The fourth-order valence-corrected chi connectivity index (χ4v) is 2.23. The number of nitrogens with zero attached hydrogens (tertiary/aromatic N) is 2. The quantitative estimate of drug-likeness (QED) is 0.761. The molecule has 1 aliphatic rings. The maximum atomic E-state index is 11.7. The monoisotopic (exact) mass is 234 g/mol. The van der Waals surface area contributed by atoms with Crippen LogP contribution in [0, 0.1) is 6.92 Å². The van der Waals surface area contributed by atoms with Crippen molar-refractivity contribution in [3.05, 3.63) is 29.6 Å². The van der Waals surface area contributed by atoms with E-state index in [9.17, 15) is 4.79 Å². The molecule has 0 spiro atoms. The molecule has 0 radical (unpaired) electrons. The standard InChI is InChI=1S/C12H18N4O/c1-9-2-3-15-8-10(9)11(12(13)17)16-6-4-14-5-7-16/h2-3,8,11,14H,4-7H2,1H3,(H2,13,17). The molecule has 1 aliphatic heterocycles. The van der Waals surface area contributed by atoms with E-state index in [1.165, 1.54) is 0 Å². The van der Waals surface area contributed by atoms with Gasteiger partial charge < -0.3 is 11.1 Å². The van der Waals surface area contributed by atoms with Crippen molar-refractivity contribution >= 4 is 5.91 Å². The molecular weight excluding hydrogens is 216 g/mol. The van der Waals surface area contributed by atoms with Crippen LogP contribution in [0.4, 0.5) is 0 Å². The average molecular weight is 234 g/mol. The van der Waals surface area contributed by atoms with E-state index in [-0.39, 0.29) is 11.9 Å². The van der Waals surface area contributed by atoms with Gasteiger partial charge in [-0.3, -0.25) is 14.7 Å². The fourth-order valence-electron chi connectivity index (χ4n) is 2.23. The van der Waals surface area contributed by atoms with Gasteiger partial charge in [-0.2, -0.15) is 0 Å². The Morgan fingerprint density at radius 2 is 2.24 bits per heavy atom. The van der Waals surface area contributed by atoms with Crippen molar-refractivity contribution in [3.63, 3.8) is 0 Å². The third kappa shape index (κ3) is 2.62. The lowest BCUT2D eigenvalue weighted by atomic mass is 10.0. The van der Waals surface area contributed by atoms with Gasteiger partial charge >= 0.3 is 0 Å². The molecule has 1 fully saturated rings. The second-order valence-electron chi connectivity index (χ2n) is 4.32. The highest BCUT2D eigenvalue weighted by Crippen LogP contribution is 2.22. The molecule has 0 bridgehead atoms. The summed E-state index contributed by atoms with van der Waals surface area (Å²) < 4.78 is 0. The first kappa shape index (κ1) is 12.0. The number of pyridine rings is 1. The van der Waals surface area contributed by atoms with E-state index < -0.39 is 0 Å². The molecule has 1 saturated heterocycles. The van der Waals surface area contributed by atoms with E-state index >= 15 is 0 Å². The van der Waals surface area contributed by atoms with Crippen LogP contribution >= 0.6 is 0 Å². The van der Waals surface area contributed by atoms with Gasteiger partial charge in [-0.05, 0) is 24.1 Å². The van der Waals surface area contributed by atoms with Crippen molar-refractivity contribution in [2.75, 3.05) is 26.2 Å². The first-order valence-electron chi connectivity index (χ1n) is 5.84. The summed E-state index contributed by atoms with van der Waals surface area (Å²) in [4.78, 5) is 17.9. The number of aryl methyl sites for hydroxylation is 1. The molecule has 2 rings (SSSR count). The van der Waals surface area contributed by atoms with E-state index in [1.54, 1.807) is 12.4 Å². The van der Waals surface area contributed by atoms with Crippen LogP contribution in [-0.2, 0) is 4.79 Å². The molecule has 0 saturated carbocycles. The van der Waals surface area contributed by atoms with Gasteiger partial charge in [0.2, 0.25) is 5.91 Å². The molecule has 1 unspecified atom stereocenters. The van der Waals surface area contributed by atoms with Gasteiger partial charge in [0.1, 0.15) is 6.04 Å². The predicted molar refractivity (Wildman–Crippen MR) is 65.4 cm³/mol. The van der Waals surface area contributed by atoms with Crippen LogP contribution in [-0.4, -0.2) is 42.0 Å². The normalized spacial score (nSPS) is 18.9. The lowest BCUT2D eigenvalue weighted by Crippen LogP contribution is -2.48. The number of rotatable bonds is 3. The third-order valence-corrected chi connectivity index (χ3v) is 3.16. The Kier molecular flexibility index (Phi) is 3.71. The molecule has 1 atom stereocenters. The van der Waals surface area contributed by atoms with Crippen LogP contribution in [0.5, 0.6) is 0 Å². The number of hydrogen-bond donors (Lipinski definition) is 2. The van der Waals surface area contributed by atoms with Gasteiger partial charge in [0, 0.05) is 38.6 Å². The van der Waals surface area contributed by atoms with Gasteiger partial charge in [-0.1, -0.05) is 0 Å². The lowest BCUT2D eigenvalue weighted by Gasteiger charge is -2.33. The molecule has 0 aromatic carbocycles. The second kappa shape index (κ2) is 5.25. The predicted octanol–water partition coefficient (Wildman–Crippen LogP) is -0.178. The molecule has 5 heteroatoms. The van der Waals surface area contributed by atoms with E-state index in [0.717, 1.165) is 37.3 Å². The van der Waals surface area contributed by atoms with E-state index in [0.29, 0.717) is 0 Å². The van der Waals surface area contributed by atoms with E-state index in [4.69, 9.17) is 5.73 Å². The molecular formula is C12H18N4O. The molecule has 17 heavy (non-hydrogen) atoms. The number of primary amides is 1. The largest absolute Gasteiger partial charge is 0.368 e. The van der Waals surface area contributed by atoms with Crippen LogP contribution in [0.1, 0.15) is 17.2 Å². The molecule has 1 aromatic rings. The number of aromatic nitrogens is 1. The summed E-state index contributed by atoms with van der Waals surface area (Å²) in [6, 6.07) is 1.55. The van der Waals surface area contributed by atoms with Crippen LogP contribution in [0.15, 0.2) is 18.5 Å². The Morgan fingerprint density at radius 1 is 1.53 bits per heavy atom. The van der Waals surface area contributed by atoms with E-state index in [1.807, 2.05) is 13.0 Å². The highest BCUT2D eigenvalue weighted by atomic mass is 16.1. The van der Waals surface area contributed by atoms with Gasteiger partial charge in [0.25, 0.3) is 0 Å². The number of nitrogens with two attached hydrogens (primary N) is 1. The minimum atomic E-state index is -0.356. The second-order valence-corrected chi connectivity index (χ2v) is 4.32. The summed E-state index contributed by atoms with van der Waals surface area (Å²) in [6.07, 6.45) is 3.47. The lowest BCUT2D eigenvalue weighted by molar-refractivity contribution is -0.123. The zero-order chi connectivity index (χ0) is 12.3. The molecule has 2 heterocycles. The Labute approximate surface area is 101 Å². The average Bonchev–Trinajstić information content (AvgIpc) is 2.33. The van der Waals surface area contributed by atoms with Gasteiger partial charge in [-0.25, -0.2) is 0 Å². The van der Waals surface area contributed by atoms with Crippen molar-refractivity contribution in [2.45, 2.75) is 13.0 Å². The molecule has 3 N–H and O–H groups in total. The number of carbonyl (C=O) groups is 1. The first-order valence-corrected chi connectivity index (χ1v) is 5.84. The van der Waals surface area contributed by atoms with Crippen LogP contribution in [0.3, 0.4) is 0 Å². The van der Waals surface area contributed by atoms with E-state index in [2.05, 4.69) is 15.2 Å². The van der Waals surface area contributed by atoms with Crippen molar-refractivity contribution in [2.24, 2.45) is 5.73 Å². The summed E-state index contributed by atoms with van der Waals surface area (Å²) in [6.45, 7) is 5.44. The Hall–Kier alpha value is -1.46. The maximum Gasteiger partial charge on any atom is 0.239 e. The summed E-state index contributed by atoms with van der Waals surface area (Å²) in [5.41, 5.74) is 7.52. The number of carbonyl (C=O) groups excluding carboxylic acids is 1. The van der Waals surface area contributed by atoms with Crippen LogP contribution in [0.25, 0.3) is 0 Å². The molecule has 1 amide bonds.